The molecule has 0 saturated carbocycles. The average molecular weight is 414 g/mol. The number of benzene rings is 2. The Labute approximate surface area is 174 Å². The van der Waals surface area contributed by atoms with Crippen LogP contribution in [0.1, 0.15) is 42.9 Å². The second-order valence-corrected chi connectivity index (χ2v) is 7.17. The molecule has 0 unspecified atom stereocenters. The number of alkyl halides is 3. The van der Waals surface area contributed by atoms with Crippen molar-refractivity contribution < 1.29 is 13.2 Å². The zero-order valence-electron chi connectivity index (χ0n) is 17.1. The maximum Gasteiger partial charge on any atom is 0.421 e. The van der Waals surface area contributed by atoms with E-state index in [0.717, 1.165) is 48.7 Å². The monoisotopic (exact) mass is 414 g/mol. The summed E-state index contributed by atoms with van der Waals surface area (Å²) in [7, 11) is 0. The molecule has 0 spiro atoms. The summed E-state index contributed by atoms with van der Waals surface area (Å²) in [5.74, 6) is -0.191. The molecule has 0 aliphatic rings. The minimum Gasteiger partial charge on any atom is -0.340 e. The summed E-state index contributed by atoms with van der Waals surface area (Å²) >= 11 is 0. The third kappa shape index (κ3) is 5.72. The smallest absolute Gasteiger partial charge is 0.340 e. The first kappa shape index (κ1) is 21.6. The molecule has 158 valence electrons. The average Bonchev–Trinajstić information content (AvgIpc) is 2.71. The van der Waals surface area contributed by atoms with Crippen LogP contribution >= 0.6 is 0 Å². The molecule has 2 aromatic carbocycles. The van der Waals surface area contributed by atoms with Crippen LogP contribution in [0.25, 0.3) is 0 Å². The lowest BCUT2D eigenvalue weighted by Gasteiger charge is -2.15. The third-order valence-corrected chi connectivity index (χ3v) is 4.77. The van der Waals surface area contributed by atoms with Crippen LogP contribution < -0.4 is 10.6 Å². The zero-order valence-corrected chi connectivity index (χ0v) is 17.1. The van der Waals surface area contributed by atoms with Gasteiger partial charge >= 0.3 is 6.18 Å². The van der Waals surface area contributed by atoms with Crippen LogP contribution in [0.3, 0.4) is 0 Å². The number of rotatable bonds is 8. The molecule has 1 heterocycles. The Hall–Kier alpha value is -3.09. The Kier molecular flexibility index (Phi) is 6.92. The first-order chi connectivity index (χ1) is 14.4. The molecule has 0 aliphatic carbocycles. The highest BCUT2D eigenvalue weighted by Gasteiger charge is 2.35. The van der Waals surface area contributed by atoms with Gasteiger partial charge in [-0.3, -0.25) is 0 Å². The Morgan fingerprint density at radius 2 is 1.67 bits per heavy atom. The van der Waals surface area contributed by atoms with E-state index in [1.165, 1.54) is 0 Å². The summed E-state index contributed by atoms with van der Waals surface area (Å²) < 4.78 is 40.4. The van der Waals surface area contributed by atoms with E-state index in [2.05, 4.69) is 27.5 Å². The van der Waals surface area contributed by atoms with Gasteiger partial charge in [-0.05, 0) is 49.1 Å². The highest BCUT2D eigenvalue weighted by Crippen LogP contribution is 2.35. The minimum absolute atomic E-state index is 0.0935. The van der Waals surface area contributed by atoms with E-state index in [-0.39, 0.29) is 11.8 Å². The predicted octanol–water partition coefficient (Wildman–Crippen LogP) is 7.02. The molecule has 2 N–H and O–H groups in total. The number of halogens is 3. The quantitative estimate of drug-likeness (QED) is 0.389. The number of nitrogens with one attached hydrogen (secondary N) is 2. The van der Waals surface area contributed by atoms with Gasteiger partial charge in [-0.25, -0.2) is 4.98 Å². The van der Waals surface area contributed by atoms with Crippen LogP contribution in [0.4, 0.5) is 36.3 Å². The van der Waals surface area contributed by atoms with Crippen molar-refractivity contribution in [2.75, 3.05) is 10.6 Å². The van der Waals surface area contributed by atoms with Gasteiger partial charge in [-0.15, -0.1) is 0 Å². The molecule has 1 aromatic heterocycles. The summed E-state index contributed by atoms with van der Waals surface area (Å²) in [6.07, 6.45) is 0.596. The van der Waals surface area contributed by atoms with Crippen LogP contribution in [0.15, 0.2) is 54.7 Å². The van der Waals surface area contributed by atoms with Crippen molar-refractivity contribution in [1.29, 1.82) is 0 Å². The second-order valence-electron chi connectivity index (χ2n) is 7.17. The molecule has 0 saturated heterocycles. The van der Waals surface area contributed by atoms with Crippen molar-refractivity contribution in [3.05, 3.63) is 71.4 Å². The van der Waals surface area contributed by atoms with Gasteiger partial charge in [0, 0.05) is 17.6 Å². The van der Waals surface area contributed by atoms with E-state index in [0.29, 0.717) is 5.69 Å². The Balaban J connectivity index is 1.83. The summed E-state index contributed by atoms with van der Waals surface area (Å²) in [6.45, 7) is 4.04. The Bertz CT molecular complexity index is 969. The van der Waals surface area contributed by atoms with Gasteiger partial charge in [0.05, 0.1) is 0 Å². The largest absolute Gasteiger partial charge is 0.421 e. The lowest BCUT2D eigenvalue weighted by molar-refractivity contribution is -0.137. The number of hydrogen-bond acceptors (Lipinski definition) is 4. The van der Waals surface area contributed by atoms with Gasteiger partial charge in [0.15, 0.2) is 0 Å². The first-order valence-electron chi connectivity index (χ1n) is 9.99. The van der Waals surface area contributed by atoms with Gasteiger partial charge in [0.2, 0.25) is 5.95 Å². The van der Waals surface area contributed by atoms with Gasteiger partial charge < -0.3 is 10.6 Å². The molecule has 7 heteroatoms. The molecule has 0 radical (unpaired) electrons. The molecule has 3 aromatic rings. The molecule has 0 bridgehead atoms. The van der Waals surface area contributed by atoms with E-state index >= 15 is 0 Å². The minimum atomic E-state index is -4.57. The maximum absolute atomic E-state index is 13.5. The predicted molar refractivity (Wildman–Crippen MR) is 114 cm³/mol. The molecular formula is C23H25F3N4. The molecule has 3 rings (SSSR count). The molecule has 0 amide bonds. The van der Waals surface area contributed by atoms with E-state index in [4.69, 9.17) is 0 Å². The number of aromatic nitrogens is 2. The van der Waals surface area contributed by atoms with Gasteiger partial charge in [-0.2, -0.15) is 18.2 Å². The Morgan fingerprint density at radius 3 is 2.33 bits per heavy atom. The van der Waals surface area contributed by atoms with E-state index < -0.39 is 11.7 Å². The molecule has 30 heavy (non-hydrogen) atoms. The van der Waals surface area contributed by atoms with Crippen LogP contribution in [0.5, 0.6) is 0 Å². The van der Waals surface area contributed by atoms with Gasteiger partial charge in [-0.1, -0.05) is 50.1 Å². The molecular weight excluding hydrogens is 389 g/mol. The number of para-hydroxylation sites is 1. The third-order valence-electron chi connectivity index (χ3n) is 4.77. The first-order valence-corrected chi connectivity index (χ1v) is 9.99. The highest BCUT2D eigenvalue weighted by molar-refractivity contribution is 5.64. The summed E-state index contributed by atoms with van der Waals surface area (Å²) in [4.78, 5) is 7.96. The summed E-state index contributed by atoms with van der Waals surface area (Å²) in [5.41, 5.74) is 2.47. The van der Waals surface area contributed by atoms with E-state index in [9.17, 15) is 13.2 Å². The fourth-order valence-corrected chi connectivity index (χ4v) is 3.05. The van der Waals surface area contributed by atoms with Crippen molar-refractivity contribution in [2.24, 2.45) is 0 Å². The van der Waals surface area contributed by atoms with Crippen LogP contribution in [-0.2, 0) is 12.6 Å². The standard InChI is InChI=1S/C23H25F3N4/c1-3-4-5-9-17-11-13-18(14-12-17)28-21-19(23(24,25)26)15-27-22(30-21)29-20-10-7-6-8-16(20)2/h6-8,10-15H,3-5,9H2,1-2H3,(H2,27,28,29,30). The van der Waals surface area contributed by atoms with E-state index in [1.54, 1.807) is 12.1 Å². The van der Waals surface area contributed by atoms with Gasteiger partial charge in [0.25, 0.3) is 0 Å². The SMILES string of the molecule is CCCCCc1ccc(Nc2nc(Nc3ccccc3C)ncc2C(F)(F)F)cc1. The lowest BCUT2D eigenvalue weighted by atomic mass is 10.1. The van der Waals surface area contributed by atoms with Gasteiger partial charge in [0.1, 0.15) is 11.4 Å². The van der Waals surface area contributed by atoms with Crippen LogP contribution in [0, 0.1) is 6.92 Å². The second kappa shape index (κ2) is 9.61. The molecule has 0 atom stereocenters. The fourth-order valence-electron chi connectivity index (χ4n) is 3.05. The number of unbranched alkanes of at least 4 members (excludes halogenated alkanes) is 2. The van der Waals surface area contributed by atoms with Crippen molar-refractivity contribution in [2.45, 2.75) is 45.7 Å². The molecule has 4 nitrogen and oxygen atoms in total. The molecule has 0 fully saturated rings. The summed E-state index contributed by atoms with van der Waals surface area (Å²) in [5, 5.41) is 5.79. The number of aryl methyl sites for hydroxylation is 2. The number of hydrogen-bond donors (Lipinski definition) is 2. The van der Waals surface area contributed by atoms with Crippen LogP contribution in [-0.4, -0.2) is 9.97 Å². The zero-order chi connectivity index (χ0) is 21.6. The normalized spacial score (nSPS) is 11.4. The number of nitrogens with zero attached hydrogens (tertiary/aromatic N) is 2. The van der Waals surface area contributed by atoms with Crippen molar-refractivity contribution >= 4 is 23.1 Å². The van der Waals surface area contributed by atoms with Crippen molar-refractivity contribution in [3.63, 3.8) is 0 Å². The highest BCUT2D eigenvalue weighted by atomic mass is 19.4. The lowest BCUT2D eigenvalue weighted by Crippen LogP contribution is -2.12. The van der Waals surface area contributed by atoms with E-state index in [1.807, 2.05) is 43.3 Å². The molecule has 0 aliphatic heterocycles. The van der Waals surface area contributed by atoms with Crippen molar-refractivity contribution in [3.8, 4) is 0 Å². The topological polar surface area (TPSA) is 49.8 Å². The van der Waals surface area contributed by atoms with Crippen molar-refractivity contribution in [1.82, 2.24) is 9.97 Å². The fraction of sp³-hybridized carbons (Fsp3) is 0.304. The maximum atomic E-state index is 13.5. The Morgan fingerprint density at radius 1 is 0.933 bits per heavy atom. The summed E-state index contributed by atoms with van der Waals surface area (Å²) in [6, 6.07) is 14.8. The number of anilines is 4. The van der Waals surface area contributed by atoms with Crippen LogP contribution in [0.2, 0.25) is 0 Å².